The summed E-state index contributed by atoms with van der Waals surface area (Å²) in [5, 5.41) is 0. The molecule has 0 heterocycles. The zero-order valence-corrected chi connectivity index (χ0v) is 11.2. The van der Waals surface area contributed by atoms with Gasteiger partial charge in [0.25, 0.3) is 0 Å². The molecule has 5 heteroatoms. The summed E-state index contributed by atoms with van der Waals surface area (Å²) in [4.78, 5) is 4.55. The number of hydrogen-bond acceptors (Lipinski definition) is 3. The van der Waals surface area contributed by atoms with Crippen molar-refractivity contribution in [3.05, 3.63) is 29.6 Å². The van der Waals surface area contributed by atoms with E-state index >= 15 is 0 Å². The summed E-state index contributed by atoms with van der Waals surface area (Å²) < 4.78 is 19.2. The maximum absolute atomic E-state index is 14.0. The van der Waals surface area contributed by atoms with Gasteiger partial charge < -0.3 is 10.2 Å². The molecule has 2 rings (SSSR count). The summed E-state index contributed by atoms with van der Waals surface area (Å²) >= 11 is 0. The Kier molecular flexibility index (Phi) is 4.74. The number of nitrogens with one attached hydrogen (secondary N) is 1. The van der Waals surface area contributed by atoms with Gasteiger partial charge in [0, 0.05) is 0 Å². The molecule has 1 aliphatic carbocycles. The van der Waals surface area contributed by atoms with Crippen LogP contribution in [-0.4, -0.2) is 19.0 Å². The molecule has 0 bridgehead atoms. The highest BCUT2D eigenvalue weighted by atomic mass is 19.1. The molecule has 0 amide bonds. The van der Waals surface area contributed by atoms with E-state index < -0.39 is 0 Å². The quantitative estimate of drug-likeness (QED) is 0.382. The Bertz CT molecular complexity index is 456. The van der Waals surface area contributed by atoms with E-state index in [9.17, 15) is 4.39 Å². The zero-order valence-electron chi connectivity index (χ0n) is 11.2. The van der Waals surface area contributed by atoms with Gasteiger partial charge in [0.2, 0.25) is 0 Å². The number of rotatable bonds is 3. The van der Waals surface area contributed by atoms with Crippen LogP contribution in [0.2, 0.25) is 0 Å². The van der Waals surface area contributed by atoms with Gasteiger partial charge in [-0.15, -0.1) is 0 Å². The molecule has 1 aromatic carbocycles. The summed E-state index contributed by atoms with van der Waals surface area (Å²) in [5.74, 6) is 5.93. The molecule has 1 aliphatic rings. The van der Waals surface area contributed by atoms with Crippen LogP contribution in [0.5, 0.6) is 5.75 Å². The molecular weight excluding hydrogens is 245 g/mol. The molecule has 0 aromatic heterocycles. The molecule has 0 unspecified atom stereocenters. The fourth-order valence-corrected chi connectivity index (χ4v) is 2.47. The highest BCUT2D eigenvalue weighted by Crippen LogP contribution is 2.24. The summed E-state index contributed by atoms with van der Waals surface area (Å²) in [6.07, 6.45) is 5.64. The normalized spacial score (nSPS) is 17.3. The number of methoxy groups -OCH3 is 1. The number of amidine groups is 1. The van der Waals surface area contributed by atoms with Crippen molar-refractivity contribution >= 4 is 5.84 Å². The van der Waals surface area contributed by atoms with Crippen molar-refractivity contribution in [3.8, 4) is 5.75 Å². The number of aliphatic imine (C=N–C) groups is 1. The largest absolute Gasteiger partial charge is 0.496 e. The van der Waals surface area contributed by atoms with Crippen LogP contribution >= 0.6 is 0 Å². The molecular formula is C14H20FN3O. The predicted octanol–water partition coefficient (Wildman–Crippen LogP) is 2.38. The lowest BCUT2D eigenvalue weighted by atomic mass is 9.96. The Morgan fingerprint density at radius 1 is 1.37 bits per heavy atom. The van der Waals surface area contributed by atoms with Gasteiger partial charge in [0.05, 0.1) is 18.7 Å². The summed E-state index contributed by atoms with van der Waals surface area (Å²) in [6.45, 7) is 0. The number of ether oxygens (including phenoxy) is 1. The maximum atomic E-state index is 14.0. The molecule has 1 saturated carbocycles. The van der Waals surface area contributed by atoms with Crippen LogP contribution < -0.4 is 16.0 Å². The molecule has 0 saturated heterocycles. The van der Waals surface area contributed by atoms with E-state index in [2.05, 4.69) is 10.4 Å². The molecule has 0 atom stereocenters. The predicted molar refractivity (Wildman–Crippen MR) is 73.7 cm³/mol. The number of hydrogen-bond donors (Lipinski definition) is 2. The van der Waals surface area contributed by atoms with Gasteiger partial charge in [-0.25, -0.2) is 10.2 Å². The van der Waals surface area contributed by atoms with Gasteiger partial charge in [-0.05, 0) is 25.0 Å². The Morgan fingerprint density at radius 3 is 2.74 bits per heavy atom. The first-order chi connectivity index (χ1) is 9.26. The summed E-state index contributed by atoms with van der Waals surface area (Å²) in [6, 6.07) is 4.90. The van der Waals surface area contributed by atoms with Gasteiger partial charge in [-0.2, -0.15) is 0 Å². The van der Waals surface area contributed by atoms with E-state index in [4.69, 9.17) is 10.6 Å². The topological polar surface area (TPSA) is 59.6 Å². The second-order valence-electron chi connectivity index (χ2n) is 4.73. The SMILES string of the molecule is COc1cccc(F)c1C(=NC1CCCCC1)NN. The van der Waals surface area contributed by atoms with E-state index in [1.165, 1.54) is 32.4 Å². The van der Waals surface area contributed by atoms with Crippen LogP contribution in [0.15, 0.2) is 23.2 Å². The average molecular weight is 265 g/mol. The Hall–Kier alpha value is -1.62. The third-order valence-electron chi connectivity index (χ3n) is 3.46. The van der Waals surface area contributed by atoms with Crippen molar-refractivity contribution in [1.82, 2.24) is 5.43 Å². The van der Waals surface area contributed by atoms with Gasteiger partial charge >= 0.3 is 0 Å². The summed E-state index contributed by atoms with van der Waals surface area (Å²) in [5.41, 5.74) is 2.81. The lowest BCUT2D eigenvalue weighted by Gasteiger charge is -2.20. The molecule has 0 radical (unpaired) electrons. The van der Waals surface area contributed by atoms with Crippen LogP contribution in [-0.2, 0) is 0 Å². The minimum atomic E-state index is -0.383. The van der Waals surface area contributed by atoms with E-state index in [0.717, 1.165) is 12.8 Å². The van der Waals surface area contributed by atoms with E-state index in [1.54, 1.807) is 12.1 Å². The fraction of sp³-hybridized carbons (Fsp3) is 0.500. The highest BCUT2D eigenvalue weighted by Gasteiger charge is 2.18. The maximum Gasteiger partial charge on any atom is 0.149 e. The first-order valence-corrected chi connectivity index (χ1v) is 6.63. The Morgan fingerprint density at radius 2 is 2.11 bits per heavy atom. The number of benzene rings is 1. The van der Waals surface area contributed by atoms with Crippen molar-refractivity contribution < 1.29 is 9.13 Å². The van der Waals surface area contributed by atoms with Crippen molar-refractivity contribution in [1.29, 1.82) is 0 Å². The molecule has 104 valence electrons. The van der Waals surface area contributed by atoms with E-state index in [-0.39, 0.29) is 11.9 Å². The van der Waals surface area contributed by atoms with Gasteiger partial charge in [0.1, 0.15) is 17.4 Å². The van der Waals surface area contributed by atoms with Crippen LogP contribution in [0.3, 0.4) is 0 Å². The number of nitrogens with two attached hydrogens (primary N) is 1. The highest BCUT2D eigenvalue weighted by molar-refractivity contribution is 6.01. The van der Waals surface area contributed by atoms with Crippen LogP contribution in [0.25, 0.3) is 0 Å². The number of hydrazine groups is 1. The van der Waals surface area contributed by atoms with Crippen molar-refractivity contribution in [2.75, 3.05) is 7.11 Å². The van der Waals surface area contributed by atoms with Crippen LogP contribution in [0.1, 0.15) is 37.7 Å². The first kappa shape index (κ1) is 13.8. The van der Waals surface area contributed by atoms with Gasteiger partial charge in [0.15, 0.2) is 0 Å². The lowest BCUT2D eigenvalue weighted by molar-refractivity contribution is 0.409. The van der Waals surface area contributed by atoms with Gasteiger partial charge in [-0.3, -0.25) is 4.99 Å². The van der Waals surface area contributed by atoms with E-state index in [1.807, 2.05) is 0 Å². The standard InChI is InChI=1S/C14H20FN3O/c1-19-12-9-5-8-11(15)13(12)14(18-16)17-10-6-3-2-4-7-10/h5,8-10H,2-4,6-7,16H2,1H3,(H,17,18). The molecule has 0 spiro atoms. The monoisotopic (exact) mass is 265 g/mol. The second kappa shape index (κ2) is 6.52. The van der Waals surface area contributed by atoms with Crippen LogP contribution in [0.4, 0.5) is 4.39 Å². The average Bonchev–Trinajstić information content (AvgIpc) is 2.46. The molecule has 0 aliphatic heterocycles. The third-order valence-corrected chi connectivity index (χ3v) is 3.46. The van der Waals surface area contributed by atoms with Crippen molar-refractivity contribution in [2.45, 2.75) is 38.1 Å². The molecule has 1 fully saturated rings. The molecule has 3 N–H and O–H groups in total. The lowest BCUT2D eigenvalue weighted by Crippen LogP contribution is -2.33. The number of halogens is 1. The van der Waals surface area contributed by atoms with Gasteiger partial charge in [-0.1, -0.05) is 25.3 Å². The Balaban J connectivity index is 2.33. The van der Waals surface area contributed by atoms with Crippen LogP contribution in [0, 0.1) is 5.82 Å². The number of nitrogens with zero attached hydrogens (tertiary/aromatic N) is 1. The minimum absolute atomic E-state index is 0.212. The minimum Gasteiger partial charge on any atom is -0.496 e. The smallest absolute Gasteiger partial charge is 0.149 e. The fourth-order valence-electron chi connectivity index (χ4n) is 2.47. The summed E-state index contributed by atoms with van der Waals surface area (Å²) in [7, 11) is 1.51. The Labute approximate surface area is 112 Å². The van der Waals surface area contributed by atoms with E-state index in [0.29, 0.717) is 17.1 Å². The van der Waals surface area contributed by atoms with Crippen molar-refractivity contribution in [2.24, 2.45) is 10.8 Å². The molecule has 4 nitrogen and oxygen atoms in total. The van der Waals surface area contributed by atoms with Crippen molar-refractivity contribution in [3.63, 3.8) is 0 Å². The third kappa shape index (κ3) is 3.23. The molecule has 1 aromatic rings. The second-order valence-corrected chi connectivity index (χ2v) is 4.73. The zero-order chi connectivity index (χ0) is 13.7. The first-order valence-electron chi connectivity index (χ1n) is 6.63. The molecule has 19 heavy (non-hydrogen) atoms.